The maximum absolute atomic E-state index is 13.1. The number of aromatic nitrogens is 2. The van der Waals surface area contributed by atoms with Gasteiger partial charge < -0.3 is 4.98 Å². The predicted molar refractivity (Wildman–Crippen MR) is 69.9 cm³/mol. The number of imidazole rings is 1. The van der Waals surface area contributed by atoms with Gasteiger partial charge in [-0.15, -0.1) is 0 Å². The highest BCUT2D eigenvalue weighted by molar-refractivity contribution is 5.75. The van der Waals surface area contributed by atoms with Gasteiger partial charge in [-0.05, 0) is 48.2 Å². The summed E-state index contributed by atoms with van der Waals surface area (Å²) in [7, 11) is 0. The minimum atomic E-state index is -0.529. The number of nitrogens with one attached hydrogen (secondary N) is 1. The molecule has 19 heavy (non-hydrogen) atoms. The van der Waals surface area contributed by atoms with Crippen molar-refractivity contribution in [1.82, 2.24) is 9.97 Å². The van der Waals surface area contributed by atoms with E-state index in [4.69, 9.17) is 0 Å². The summed E-state index contributed by atoms with van der Waals surface area (Å²) in [6, 6.07) is 9.57. The van der Waals surface area contributed by atoms with E-state index in [2.05, 4.69) is 9.97 Å². The van der Waals surface area contributed by atoms with E-state index in [0.717, 1.165) is 29.1 Å². The number of fused-ring (bicyclic) bond motifs is 1. The highest BCUT2D eigenvalue weighted by atomic mass is 19.1. The summed E-state index contributed by atoms with van der Waals surface area (Å²) in [5.74, 6) is -1.06. The third kappa shape index (κ3) is 2.62. The van der Waals surface area contributed by atoms with Gasteiger partial charge in [-0.3, -0.25) is 0 Å². The molecule has 0 bridgehead atoms. The van der Waals surface area contributed by atoms with E-state index in [-0.39, 0.29) is 0 Å². The van der Waals surface area contributed by atoms with Crippen LogP contribution >= 0.6 is 0 Å². The lowest BCUT2D eigenvalue weighted by atomic mass is 10.0. The van der Waals surface area contributed by atoms with Crippen molar-refractivity contribution < 1.29 is 8.78 Å². The number of aryl methyl sites for hydroxylation is 2. The van der Waals surface area contributed by atoms with E-state index in [1.54, 1.807) is 6.33 Å². The van der Waals surface area contributed by atoms with Crippen molar-refractivity contribution >= 4 is 11.0 Å². The number of rotatable bonds is 3. The fourth-order valence-corrected chi connectivity index (χ4v) is 2.18. The Kier molecular flexibility index (Phi) is 2.99. The van der Waals surface area contributed by atoms with Crippen LogP contribution in [0.15, 0.2) is 42.7 Å². The van der Waals surface area contributed by atoms with Gasteiger partial charge in [0.05, 0.1) is 17.4 Å². The second kappa shape index (κ2) is 4.80. The smallest absolute Gasteiger partial charge is 0.126 e. The molecule has 0 unspecified atom stereocenters. The molecule has 0 radical (unpaired) electrons. The topological polar surface area (TPSA) is 28.7 Å². The highest BCUT2D eigenvalue weighted by Crippen LogP contribution is 2.15. The lowest BCUT2D eigenvalue weighted by Gasteiger charge is -2.03. The third-order valence-corrected chi connectivity index (χ3v) is 3.11. The molecule has 0 aliphatic rings. The monoisotopic (exact) mass is 258 g/mol. The van der Waals surface area contributed by atoms with Crippen LogP contribution in [0.1, 0.15) is 11.1 Å². The Balaban J connectivity index is 1.77. The SMILES string of the molecule is Fc1cc(F)cc(CCc2ccc3nc[nH]c3c2)c1. The van der Waals surface area contributed by atoms with Crippen molar-refractivity contribution in [2.24, 2.45) is 0 Å². The fraction of sp³-hybridized carbons (Fsp3) is 0.133. The molecule has 0 aliphatic carbocycles. The molecule has 4 heteroatoms. The molecule has 0 saturated heterocycles. The van der Waals surface area contributed by atoms with Crippen molar-refractivity contribution in [2.45, 2.75) is 12.8 Å². The first kappa shape index (κ1) is 11.8. The third-order valence-electron chi connectivity index (χ3n) is 3.11. The van der Waals surface area contributed by atoms with Gasteiger partial charge in [0.15, 0.2) is 0 Å². The summed E-state index contributed by atoms with van der Waals surface area (Å²) in [6.07, 6.45) is 2.99. The minimum absolute atomic E-state index is 0.529. The summed E-state index contributed by atoms with van der Waals surface area (Å²) in [5, 5.41) is 0. The zero-order valence-corrected chi connectivity index (χ0v) is 10.2. The maximum Gasteiger partial charge on any atom is 0.126 e. The summed E-state index contributed by atoms with van der Waals surface area (Å²) >= 11 is 0. The highest BCUT2D eigenvalue weighted by Gasteiger charge is 2.03. The number of H-pyrrole nitrogens is 1. The Morgan fingerprint density at radius 3 is 2.42 bits per heavy atom. The van der Waals surface area contributed by atoms with Crippen LogP contribution in [0.3, 0.4) is 0 Å². The first-order chi connectivity index (χ1) is 9.20. The minimum Gasteiger partial charge on any atom is -0.345 e. The van der Waals surface area contributed by atoms with Crippen LogP contribution in [0, 0.1) is 11.6 Å². The number of halogens is 2. The number of nitrogens with zero attached hydrogens (tertiary/aromatic N) is 1. The van der Waals surface area contributed by atoms with Gasteiger partial charge >= 0.3 is 0 Å². The fourth-order valence-electron chi connectivity index (χ4n) is 2.18. The van der Waals surface area contributed by atoms with E-state index in [9.17, 15) is 8.78 Å². The predicted octanol–water partition coefficient (Wildman–Crippen LogP) is 3.63. The van der Waals surface area contributed by atoms with E-state index >= 15 is 0 Å². The molecule has 1 N–H and O–H groups in total. The van der Waals surface area contributed by atoms with Gasteiger partial charge in [0.2, 0.25) is 0 Å². The molecule has 3 rings (SSSR count). The Labute approximate surface area is 109 Å². The molecular formula is C15H12F2N2. The number of aromatic amines is 1. The van der Waals surface area contributed by atoms with Gasteiger partial charge in [-0.25, -0.2) is 13.8 Å². The molecule has 2 nitrogen and oxygen atoms in total. The van der Waals surface area contributed by atoms with Crippen LogP contribution < -0.4 is 0 Å². The maximum atomic E-state index is 13.1. The van der Waals surface area contributed by atoms with Crippen LogP contribution in [0.25, 0.3) is 11.0 Å². The average Bonchev–Trinajstić information content (AvgIpc) is 2.82. The Bertz CT molecular complexity index is 699. The zero-order chi connectivity index (χ0) is 13.2. The molecule has 0 aliphatic heterocycles. The van der Waals surface area contributed by atoms with Crippen LogP contribution in [0.4, 0.5) is 8.78 Å². The van der Waals surface area contributed by atoms with Gasteiger partial charge in [0.25, 0.3) is 0 Å². The molecule has 0 fully saturated rings. The molecule has 1 heterocycles. The lowest BCUT2D eigenvalue weighted by Crippen LogP contribution is -1.93. The summed E-state index contributed by atoms with van der Waals surface area (Å²) < 4.78 is 26.1. The Hall–Kier alpha value is -2.23. The summed E-state index contributed by atoms with van der Waals surface area (Å²) in [5.41, 5.74) is 3.67. The van der Waals surface area contributed by atoms with E-state index in [1.807, 2.05) is 18.2 Å². The number of benzene rings is 2. The normalized spacial score (nSPS) is 11.1. The Morgan fingerprint density at radius 2 is 1.63 bits per heavy atom. The van der Waals surface area contributed by atoms with Crippen molar-refractivity contribution in [3.05, 3.63) is 65.5 Å². The zero-order valence-electron chi connectivity index (χ0n) is 10.2. The molecule has 3 aromatic rings. The van der Waals surface area contributed by atoms with Crippen molar-refractivity contribution in [3.8, 4) is 0 Å². The number of hydrogen-bond acceptors (Lipinski definition) is 1. The number of hydrogen-bond donors (Lipinski definition) is 1. The first-order valence-electron chi connectivity index (χ1n) is 6.08. The van der Waals surface area contributed by atoms with E-state index in [1.165, 1.54) is 12.1 Å². The molecule has 2 aromatic carbocycles. The largest absolute Gasteiger partial charge is 0.345 e. The van der Waals surface area contributed by atoms with Crippen LogP contribution in [0.5, 0.6) is 0 Å². The second-order valence-electron chi connectivity index (χ2n) is 4.53. The quantitative estimate of drug-likeness (QED) is 0.763. The van der Waals surface area contributed by atoms with Gasteiger partial charge in [-0.1, -0.05) is 6.07 Å². The molecule has 0 atom stereocenters. The van der Waals surface area contributed by atoms with Gasteiger partial charge in [-0.2, -0.15) is 0 Å². The Morgan fingerprint density at radius 1 is 0.895 bits per heavy atom. The average molecular weight is 258 g/mol. The summed E-state index contributed by atoms with van der Waals surface area (Å²) in [6.45, 7) is 0. The summed E-state index contributed by atoms with van der Waals surface area (Å²) in [4.78, 5) is 7.19. The van der Waals surface area contributed by atoms with Gasteiger partial charge in [0.1, 0.15) is 11.6 Å². The molecule has 0 saturated carbocycles. The lowest BCUT2D eigenvalue weighted by molar-refractivity contribution is 0.579. The van der Waals surface area contributed by atoms with E-state index in [0.29, 0.717) is 12.0 Å². The molecule has 0 amide bonds. The molecule has 96 valence electrons. The van der Waals surface area contributed by atoms with Crippen LogP contribution in [-0.2, 0) is 12.8 Å². The van der Waals surface area contributed by atoms with Crippen LogP contribution in [-0.4, -0.2) is 9.97 Å². The van der Waals surface area contributed by atoms with Crippen LogP contribution in [0.2, 0.25) is 0 Å². The van der Waals surface area contributed by atoms with Gasteiger partial charge in [0, 0.05) is 6.07 Å². The molecule has 0 spiro atoms. The standard InChI is InChI=1S/C15H12F2N2/c16-12-5-11(6-13(17)8-12)2-1-10-3-4-14-15(7-10)19-9-18-14/h3-9H,1-2H2,(H,18,19). The van der Waals surface area contributed by atoms with E-state index < -0.39 is 11.6 Å². The first-order valence-corrected chi connectivity index (χ1v) is 6.08. The van der Waals surface area contributed by atoms with Crippen molar-refractivity contribution in [3.63, 3.8) is 0 Å². The molecule has 1 aromatic heterocycles. The van der Waals surface area contributed by atoms with Crippen molar-refractivity contribution in [1.29, 1.82) is 0 Å². The van der Waals surface area contributed by atoms with Crippen molar-refractivity contribution in [2.75, 3.05) is 0 Å². The molecular weight excluding hydrogens is 246 g/mol. The second-order valence-corrected chi connectivity index (χ2v) is 4.53.